The summed E-state index contributed by atoms with van der Waals surface area (Å²) >= 11 is 0. The van der Waals surface area contributed by atoms with Crippen LogP contribution in [0.3, 0.4) is 0 Å². The monoisotopic (exact) mass is 288 g/mol. The average Bonchev–Trinajstić information content (AvgIpc) is 2.55. The number of methoxy groups -OCH3 is 2. The second-order valence-electron chi connectivity index (χ2n) is 3.78. The molecule has 4 nitrogen and oxygen atoms in total. The highest BCUT2D eigenvalue weighted by atomic mass is 16.5. The van der Waals surface area contributed by atoms with Gasteiger partial charge in [-0.3, -0.25) is 9.59 Å². The van der Waals surface area contributed by atoms with E-state index in [-0.39, 0.29) is 7.43 Å². The lowest BCUT2D eigenvalue weighted by Crippen LogP contribution is -1.82. The molecule has 0 N–H and O–H groups in total. The SMILES string of the molecule is C.COc1ccc(C=O)cc1.COc1ccc(C=O)cc1. The van der Waals surface area contributed by atoms with E-state index in [2.05, 4.69) is 0 Å². The molecule has 21 heavy (non-hydrogen) atoms. The fraction of sp³-hybridized carbons (Fsp3) is 0.176. The number of aldehydes is 2. The fourth-order valence-electron chi connectivity index (χ4n) is 1.36. The Labute approximate surface area is 125 Å². The van der Waals surface area contributed by atoms with Crippen molar-refractivity contribution in [3.8, 4) is 11.5 Å². The van der Waals surface area contributed by atoms with Crippen LogP contribution in [0.25, 0.3) is 0 Å². The molecule has 0 atom stereocenters. The van der Waals surface area contributed by atoms with E-state index in [4.69, 9.17) is 9.47 Å². The second kappa shape index (κ2) is 10.2. The van der Waals surface area contributed by atoms with Crippen LogP contribution in [0.1, 0.15) is 28.1 Å². The molecule has 0 unspecified atom stereocenters. The predicted octanol–water partition coefficient (Wildman–Crippen LogP) is 3.65. The van der Waals surface area contributed by atoms with E-state index in [1.54, 1.807) is 62.8 Å². The smallest absolute Gasteiger partial charge is 0.150 e. The molecule has 0 aromatic heterocycles. The van der Waals surface area contributed by atoms with Gasteiger partial charge in [0.25, 0.3) is 0 Å². The molecule has 2 aromatic carbocycles. The lowest BCUT2D eigenvalue weighted by molar-refractivity contribution is 0.111. The highest BCUT2D eigenvalue weighted by Crippen LogP contribution is 2.09. The molecule has 2 rings (SSSR count). The van der Waals surface area contributed by atoms with Gasteiger partial charge in [0.2, 0.25) is 0 Å². The van der Waals surface area contributed by atoms with Gasteiger partial charge in [0.1, 0.15) is 24.1 Å². The minimum Gasteiger partial charge on any atom is -0.497 e. The molecular weight excluding hydrogens is 268 g/mol. The molecule has 2 aromatic rings. The number of ether oxygens (including phenoxy) is 2. The number of hydrogen-bond acceptors (Lipinski definition) is 4. The van der Waals surface area contributed by atoms with Crippen LogP contribution in [-0.4, -0.2) is 26.8 Å². The number of rotatable bonds is 4. The van der Waals surface area contributed by atoms with E-state index < -0.39 is 0 Å². The summed E-state index contributed by atoms with van der Waals surface area (Å²) in [5.41, 5.74) is 1.33. The Bertz CT molecular complexity index is 478. The Morgan fingerprint density at radius 3 is 1.14 bits per heavy atom. The van der Waals surface area contributed by atoms with Crippen LogP contribution in [0.4, 0.5) is 0 Å². The first-order chi connectivity index (χ1) is 9.73. The van der Waals surface area contributed by atoms with Gasteiger partial charge in [-0.05, 0) is 48.5 Å². The van der Waals surface area contributed by atoms with Crippen molar-refractivity contribution in [2.75, 3.05) is 14.2 Å². The molecule has 0 heterocycles. The maximum absolute atomic E-state index is 10.2. The standard InChI is InChI=1S/2C8H8O2.CH4/c2*1-10-8-4-2-7(6-9)3-5-8;/h2*2-6H,1H3;1H4. The molecule has 0 radical (unpaired) electrons. The van der Waals surface area contributed by atoms with Crippen LogP contribution in [0.5, 0.6) is 11.5 Å². The maximum Gasteiger partial charge on any atom is 0.150 e. The Morgan fingerprint density at radius 2 is 0.952 bits per heavy atom. The van der Waals surface area contributed by atoms with Crippen LogP contribution in [0.2, 0.25) is 0 Å². The van der Waals surface area contributed by atoms with Crippen LogP contribution >= 0.6 is 0 Å². The van der Waals surface area contributed by atoms with Gasteiger partial charge in [0.05, 0.1) is 14.2 Å². The first-order valence-corrected chi connectivity index (χ1v) is 5.92. The molecule has 0 aliphatic carbocycles. The van der Waals surface area contributed by atoms with Crippen molar-refractivity contribution in [2.45, 2.75) is 7.43 Å². The van der Waals surface area contributed by atoms with Gasteiger partial charge in [-0.25, -0.2) is 0 Å². The lowest BCUT2D eigenvalue weighted by atomic mass is 10.2. The second-order valence-corrected chi connectivity index (χ2v) is 3.78. The van der Waals surface area contributed by atoms with Crippen LogP contribution in [0.15, 0.2) is 48.5 Å². The van der Waals surface area contributed by atoms with E-state index in [1.165, 1.54) is 0 Å². The van der Waals surface area contributed by atoms with Crippen molar-refractivity contribution in [2.24, 2.45) is 0 Å². The van der Waals surface area contributed by atoms with E-state index in [1.807, 2.05) is 0 Å². The molecule has 0 aliphatic rings. The van der Waals surface area contributed by atoms with Gasteiger partial charge < -0.3 is 9.47 Å². The number of carbonyl (C=O) groups excluding carboxylic acids is 2. The Hall–Kier alpha value is -2.62. The van der Waals surface area contributed by atoms with Crippen molar-refractivity contribution in [3.63, 3.8) is 0 Å². The third kappa shape index (κ3) is 6.38. The summed E-state index contributed by atoms with van der Waals surface area (Å²) in [4.78, 5) is 20.3. The first-order valence-electron chi connectivity index (χ1n) is 5.92. The van der Waals surface area contributed by atoms with Crippen LogP contribution < -0.4 is 9.47 Å². The zero-order chi connectivity index (χ0) is 14.8. The Balaban J connectivity index is 0.000000364. The number of benzene rings is 2. The number of hydrogen-bond donors (Lipinski definition) is 0. The summed E-state index contributed by atoms with van der Waals surface area (Å²) in [6.45, 7) is 0. The van der Waals surface area contributed by atoms with Gasteiger partial charge in [-0.15, -0.1) is 0 Å². The van der Waals surface area contributed by atoms with Crippen molar-refractivity contribution in [3.05, 3.63) is 59.7 Å². The van der Waals surface area contributed by atoms with Gasteiger partial charge in [0, 0.05) is 11.1 Å². The summed E-state index contributed by atoms with van der Waals surface area (Å²) in [5, 5.41) is 0. The van der Waals surface area contributed by atoms with Gasteiger partial charge in [-0.2, -0.15) is 0 Å². The highest BCUT2D eigenvalue weighted by molar-refractivity contribution is 5.75. The molecule has 0 saturated carbocycles. The van der Waals surface area contributed by atoms with Crippen molar-refractivity contribution >= 4 is 12.6 Å². The molecule has 0 spiro atoms. The number of carbonyl (C=O) groups is 2. The zero-order valence-corrected chi connectivity index (χ0v) is 11.4. The van der Waals surface area contributed by atoms with E-state index in [9.17, 15) is 9.59 Å². The van der Waals surface area contributed by atoms with Crippen molar-refractivity contribution < 1.29 is 19.1 Å². The van der Waals surface area contributed by atoms with Gasteiger partial charge in [0.15, 0.2) is 0 Å². The molecule has 0 amide bonds. The average molecular weight is 288 g/mol. The van der Waals surface area contributed by atoms with Crippen molar-refractivity contribution in [1.82, 2.24) is 0 Å². The molecule has 0 saturated heterocycles. The van der Waals surface area contributed by atoms with Crippen LogP contribution in [0, 0.1) is 0 Å². The van der Waals surface area contributed by atoms with E-state index in [0.717, 1.165) is 24.1 Å². The summed E-state index contributed by atoms with van der Waals surface area (Å²) in [5.74, 6) is 1.54. The Morgan fingerprint density at radius 1 is 0.667 bits per heavy atom. The largest absolute Gasteiger partial charge is 0.497 e. The maximum atomic E-state index is 10.2. The fourth-order valence-corrected chi connectivity index (χ4v) is 1.36. The molecular formula is C17H20O4. The molecule has 4 heteroatoms. The van der Waals surface area contributed by atoms with Crippen molar-refractivity contribution in [1.29, 1.82) is 0 Å². The van der Waals surface area contributed by atoms with Gasteiger partial charge in [-0.1, -0.05) is 7.43 Å². The summed E-state index contributed by atoms with van der Waals surface area (Å²) < 4.78 is 9.80. The lowest BCUT2D eigenvalue weighted by Gasteiger charge is -1.96. The summed E-state index contributed by atoms with van der Waals surface area (Å²) in [6, 6.07) is 13.9. The summed E-state index contributed by atoms with van der Waals surface area (Å²) in [6.07, 6.45) is 1.61. The molecule has 0 fully saturated rings. The first kappa shape index (κ1) is 18.4. The van der Waals surface area contributed by atoms with E-state index in [0.29, 0.717) is 11.1 Å². The molecule has 112 valence electrons. The normalized spacial score (nSPS) is 8.48. The zero-order valence-electron chi connectivity index (χ0n) is 11.4. The quantitative estimate of drug-likeness (QED) is 0.806. The third-order valence-electron chi connectivity index (χ3n) is 2.50. The predicted molar refractivity (Wildman–Crippen MR) is 83.5 cm³/mol. The van der Waals surface area contributed by atoms with Crippen LogP contribution in [-0.2, 0) is 0 Å². The third-order valence-corrected chi connectivity index (χ3v) is 2.50. The minimum atomic E-state index is 0. The van der Waals surface area contributed by atoms with E-state index >= 15 is 0 Å². The molecule has 0 bridgehead atoms. The summed E-state index contributed by atoms with van der Waals surface area (Å²) in [7, 11) is 3.19. The topological polar surface area (TPSA) is 52.6 Å². The minimum absolute atomic E-state index is 0. The molecule has 0 aliphatic heterocycles. The highest BCUT2D eigenvalue weighted by Gasteiger charge is 1.90. The Kier molecular flexibility index (Phi) is 8.93. The van der Waals surface area contributed by atoms with Gasteiger partial charge >= 0.3 is 0 Å².